The third-order valence-corrected chi connectivity index (χ3v) is 4.22. The number of rotatable bonds is 5. The highest BCUT2D eigenvalue weighted by molar-refractivity contribution is 5.91. The molecule has 0 atom stereocenters. The number of carbonyl (C=O) groups excluding carboxylic acids is 1. The number of hydrogen-bond donors (Lipinski definition) is 1. The molecule has 0 bridgehead atoms. The van der Waals surface area contributed by atoms with Crippen molar-refractivity contribution in [1.29, 1.82) is 0 Å². The molecule has 2 aromatic heterocycles. The number of nitrogens with one attached hydrogen (secondary N) is 1. The number of fused-ring (bicyclic) bond motifs is 1. The lowest BCUT2D eigenvalue weighted by atomic mass is 10.0. The Morgan fingerprint density at radius 1 is 1.20 bits per heavy atom. The van der Waals surface area contributed by atoms with Gasteiger partial charge in [-0.3, -0.25) is 4.79 Å². The van der Waals surface area contributed by atoms with Crippen LogP contribution in [-0.2, 0) is 11.3 Å². The minimum Gasteiger partial charge on any atom is -0.347 e. The molecule has 2 heterocycles. The number of aromatic nitrogens is 2. The molecule has 1 amide bonds. The minimum absolute atomic E-state index is 0.123. The van der Waals surface area contributed by atoms with E-state index in [9.17, 15) is 4.79 Å². The zero-order valence-corrected chi connectivity index (χ0v) is 14.9. The van der Waals surface area contributed by atoms with Crippen molar-refractivity contribution in [3.63, 3.8) is 0 Å². The van der Waals surface area contributed by atoms with E-state index in [4.69, 9.17) is 0 Å². The Hall–Kier alpha value is -2.88. The first kappa shape index (κ1) is 17.0. The number of carbonyl (C=O) groups is 1. The number of aryl methyl sites for hydroxylation is 1. The maximum Gasteiger partial charge on any atom is 0.244 e. The first-order valence-electron chi connectivity index (χ1n) is 8.52. The van der Waals surface area contributed by atoms with E-state index in [0.717, 1.165) is 22.6 Å². The van der Waals surface area contributed by atoms with Crippen LogP contribution in [0.3, 0.4) is 0 Å². The fraction of sp³-hybridized carbons (Fsp3) is 0.238. The normalized spacial score (nSPS) is 11.5. The lowest BCUT2D eigenvalue weighted by Gasteiger charge is -2.04. The first-order chi connectivity index (χ1) is 12.0. The van der Waals surface area contributed by atoms with Gasteiger partial charge >= 0.3 is 0 Å². The molecule has 128 valence electrons. The van der Waals surface area contributed by atoms with Crippen LogP contribution in [0.5, 0.6) is 0 Å². The molecule has 3 rings (SSSR count). The average molecular weight is 333 g/mol. The molecule has 0 aliphatic rings. The number of pyridine rings is 1. The topological polar surface area (TPSA) is 46.4 Å². The van der Waals surface area contributed by atoms with Crippen molar-refractivity contribution < 1.29 is 4.79 Å². The summed E-state index contributed by atoms with van der Waals surface area (Å²) in [6, 6.07) is 14.2. The molecule has 0 saturated heterocycles. The summed E-state index contributed by atoms with van der Waals surface area (Å²) in [5, 5.41) is 2.88. The lowest BCUT2D eigenvalue weighted by molar-refractivity contribution is -0.116. The molecule has 0 unspecified atom stereocenters. The predicted octanol–water partition coefficient (Wildman–Crippen LogP) is 4.10. The van der Waals surface area contributed by atoms with Crippen LogP contribution in [0.25, 0.3) is 11.7 Å². The Morgan fingerprint density at radius 3 is 2.64 bits per heavy atom. The van der Waals surface area contributed by atoms with Crippen molar-refractivity contribution in [1.82, 2.24) is 14.7 Å². The Labute approximate surface area is 148 Å². The second-order valence-corrected chi connectivity index (χ2v) is 6.50. The van der Waals surface area contributed by atoms with Gasteiger partial charge in [0.25, 0.3) is 0 Å². The molecule has 4 nitrogen and oxygen atoms in total. The molecule has 1 aromatic carbocycles. The first-order valence-corrected chi connectivity index (χ1v) is 8.52. The second kappa shape index (κ2) is 7.34. The van der Waals surface area contributed by atoms with Gasteiger partial charge in [-0.1, -0.05) is 44.2 Å². The third kappa shape index (κ3) is 4.15. The smallest absolute Gasteiger partial charge is 0.244 e. The van der Waals surface area contributed by atoms with Crippen LogP contribution in [0.4, 0.5) is 0 Å². The molecular weight excluding hydrogens is 310 g/mol. The highest BCUT2D eigenvalue weighted by Crippen LogP contribution is 2.15. The maximum atomic E-state index is 12.0. The molecule has 0 fully saturated rings. The molecule has 1 N–H and O–H groups in total. The van der Waals surface area contributed by atoms with Crippen LogP contribution in [0.2, 0.25) is 0 Å². The summed E-state index contributed by atoms with van der Waals surface area (Å²) in [5.41, 5.74) is 5.17. The molecule has 0 aliphatic heterocycles. The zero-order valence-electron chi connectivity index (χ0n) is 14.9. The second-order valence-electron chi connectivity index (χ2n) is 6.50. The van der Waals surface area contributed by atoms with Gasteiger partial charge in [0.2, 0.25) is 5.91 Å². The van der Waals surface area contributed by atoms with Crippen LogP contribution < -0.4 is 5.32 Å². The number of amides is 1. The van der Waals surface area contributed by atoms with Crippen LogP contribution in [-0.4, -0.2) is 15.3 Å². The van der Waals surface area contributed by atoms with Gasteiger partial charge in [-0.05, 0) is 42.2 Å². The van der Waals surface area contributed by atoms with E-state index in [-0.39, 0.29) is 5.91 Å². The molecule has 0 aliphatic carbocycles. The Bertz CT molecular complexity index is 905. The summed E-state index contributed by atoms with van der Waals surface area (Å²) in [4.78, 5) is 16.5. The summed E-state index contributed by atoms with van der Waals surface area (Å²) in [7, 11) is 0. The van der Waals surface area contributed by atoms with Crippen molar-refractivity contribution in [2.45, 2.75) is 33.2 Å². The van der Waals surface area contributed by atoms with Crippen LogP contribution in [0, 0.1) is 6.92 Å². The van der Waals surface area contributed by atoms with E-state index in [1.54, 1.807) is 6.08 Å². The van der Waals surface area contributed by atoms with Crippen LogP contribution in [0.15, 0.2) is 54.7 Å². The van der Waals surface area contributed by atoms with Gasteiger partial charge in [-0.2, -0.15) is 0 Å². The van der Waals surface area contributed by atoms with E-state index >= 15 is 0 Å². The van der Waals surface area contributed by atoms with E-state index in [2.05, 4.69) is 36.3 Å². The van der Waals surface area contributed by atoms with E-state index in [0.29, 0.717) is 12.5 Å². The molecular formula is C21H23N3O. The predicted molar refractivity (Wildman–Crippen MR) is 101 cm³/mol. The van der Waals surface area contributed by atoms with Gasteiger partial charge < -0.3 is 9.72 Å². The number of nitrogens with zero attached hydrogens (tertiary/aromatic N) is 2. The number of benzene rings is 1. The quantitative estimate of drug-likeness (QED) is 0.715. The Kier molecular flexibility index (Phi) is 4.98. The highest BCUT2D eigenvalue weighted by atomic mass is 16.1. The van der Waals surface area contributed by atoms with Gasteiger partial charge in [0.05, 0.1) is 12.2 Å². The minimum atomic E-state index is -0.123. The SMILES string of the molecule is Cc1cccc2nc(CNC(=O)/C=C/c3ccc(C(C)C)cc3)cn12. The number of imidazole rings is 1. The Morgan fingerprint density at radius 2 is 1.96 bits per heavy atom. The van der Waals surface area contributed by atoms with E-state index < -0.39 is 0 Å². The molecule has 0 radical (unpaired) electrons. The van der Waals surface area contributed by atoms with Crippen LogP contribution >= 0.6 is 0 Å². The van der Waals surface area contributed by atoms with Gasteiger partial charge in [0, 0.05) is 18.0 Å². The van der Waals surface area contributed by atoms with Crippen molar-refractivity contribution in [3.05, 3.63) is 77.3 Å². The van der Waals surface area contributed by atoms with Crippen molar-refractivity contribution in [2.24, 2.45) is 0 Å². The highest BCUT2D eigenvalue weighted by Gasteiger charge is 2.04. The summed E-state index contributed by atoms with van der Waals surface area (Å²) in [6.07, 6.45) is 5.35. The molecule has 0 spiro atoms. The van der Waals surface area contributed by atoms with Crippen LogP contribution in [0.1, 0.15) is 42.3 Å². The summed E-state index contributed by atoms with van der Waals surface area (Å²) in [5.74, 6) is 0.386. The molecule has 4 heteroatoms. The molecule has 0 saturated carbocycles. The van der Waals surface area contributed by atoms with Crippen molar-refractivity contribution in [2.75, 3.05) is 0 Å². The average Bonchev–Trinajstić information content (AvgIpc) is 3.03. The summed E-state index contributed by atoms with van der Waals surface area (Å²) in [6.45, 7) is 6.78. The van der Waals surface area contributed by atoms with E-state index in [1.165, 1.54) is 5.56 Å². The molecule has 25 heavy (non-hydrogen) atoms. The van der Waals surface area contributed by atoms with Crippen molar-refractivity contribution >= 4 is 17.6 Å². The van der Waals surface area contributed by atoms with E-state index in [1.807, 2.05) is 53.9 Å². The zero-order chi connectivity index (χ0) is 17.8. The van der Waals surface area contributed by atoms with Crippen molar-refractivity contribution in [3.8, 4) is 0 Å². The fourth-order valence-corrected chi connectivity index (χ4v) is 2.68. The Balaban J connectivity index is 1.59. The van der Waals surface area contributed by atoms with Gasteiger partial charge in [-0.25, -0.2) is 4.98 Å². The molecule has 3 aromatic rings. The monoisotopic (exact) mass is 333 g/mol. The lowest BCUT2D eigenvalue weighted by Crippen LogP contribution is -2.20. The largest absolute Gasteiger partial charge is 0.347 e. The van der Waals surface area contributed by atoms with Gasteiger partial charge in [0.1, 0.15) is 5.65 Å². The van der Waals surface area contributed by atoms with Gasteiger partial charge in [-0.15, -0.1) is 0 Å². The fourth-order valence-electron chi connectivity index (χ4n) is 2.68. The van der Waals surface area contributed by atoms with Gasteiger partial charge in [0.15, 0.2) is 0 Å². The third-order valence-electron chi connectivity index (χ3n) is 4.22. The standard InChI is InChI=1S/C21H23N3O/c1-15(2)18-10-7-17(8-11-18)9-12-21(25)22-13-19-14-24-16(3)5-4-6-20(24)23-19/h4-12,14-15H,13H2,1-3H3,(H,22,25)/b12-9+. The summed E-state index contributed by atoms with van der Waals surface area (Å²) >= 11 is 0. The number of hydrogen-bond acceptors (Lipinski definition) is 2. The maximum absolute atomic E-state index is 12.0. The summed E-state index contributed by atoms with van der Waals surface area (Å²) < 4.78 is 2.02.